The van der Waals surface area contributed by atoms with E-state index in [4.69, 9.17) is 10.2 Å². The van der Waals surface area contributed by atoms with Crippen LogP contribution in [0.1, 0.15) is 5.56 Å². The Kier molecular flexibility index (Phi) is 6.18. The standard InChI is InChI=1S/C10H8S.C4H4O4/c1-2-7-10-9(5-1)6-3-4-8-11-10;5-3(6)1-2-4(7)8/h1-8H;1-2H,(H,5,6)(H,7,8)/b;2-1-. The summed E-state index contributed by atoms with van der Waals surface area (Å²) in [6.45, 7) is 0. The number of hydrogen-bond acceptors (Lipinski definition) is 3. The second kappa shape index (κ2) is 7.94. The number of rotatable bonds is 2. The second-order valence-corrected chi connectivity index (χ2v) is 4.30. The molecule has 2 rings (SSSR count). The highest BCUT2D eigenvalue weighted by Crippen LogP contribution is 2.26. The van der Waals surface area contributed by atoms with Crippen LogP contribution in [0.4, 0.5) is 0 Å². The lowest BCUT2D eigenvalue weighted by atomic mass is 10.2. The van der Waals surface area contributed by atoms with Gasteiger partial charge in [-0.05, 0) is 17.0 Å². The number of aliphatic carboxylic acids is 2. The van der Waals surface area contributed by atoms with Crippen molar-refractivity contribution in [3.05, 3.63) is 59.5 Å². The Bertz CT molecular complexity index is 528. The van der Waals surface area contributed by atoms with Gasteiger partial charge in [-0.25, -0.2) is 9.59 Å². The predicted molar refractivity (Wildman–Crippen MR) is 74.9 cm³/mol. The van der Waals surface area contributed by atoms with Gasteiger partial charge in [-0.15, -0.1) is 0 Å². The molecule has 1 heterocycles. The number of carboxylic acids is 2. The van der Waals surface area contributed by atoms with E-state index >= 15 is 0 Å². The molecule has 1 aromatic carbocycles. The molecule has 0 spiro atoms. The minimum absolute atomic E-state index is 0.558. The van der Waals surface area contributed by atoms with Gasteiger partial charge in [0.15, 0.2) is 0 Å². The molecule has 0 bridgehead atoms. The summed E-state index contributed by atoms with van der Waals surface area (Å²) in [5.41, 5.74) is 1.31. The summed E-state index contributed by atoms with van der Waals surface area (Å²) in [6, 6.07) is 8.40. The average Bonchev–Trinajstić information content (AvgIpc) is 2.62. The monoisotopic (exact) mass is 276 g/mol. The Labute approximate surface area is 114 Å². The fourth-order valence-corrected chi connectivity index (χ4v) is 1.93. The Morgan fingerprint density at radius 2 is 1.63 bits per heavy atom. The predicted octanol–water partition coefficient (Wildman–Crippen LogP) is 3.03. The van der Waals surface area contributed by atoms with Gasteiger partial charge < -0.3 is 10.2 Å². The number of carboxylic acid groups (broad SMARTS) is 2. The summed E-state index contributed by atoms with van der Waals surface area (Å²) in [5, 5.41) is 17.7. The van der Waals surface area contributed by atoms with Gasteiger partial charge in [0.05, 0.1) is 0 Å². The normalized spacial score (nSPS) is 12.2. The number of carbonyl (C=O) groups is 2. The van der Waals surface area contributed by atoms with Crippen LogP contribution in [0, 0.1) is 0 Å². The summed E-state index contributed by atoms with van der Waals surface area (Å²) in [6.07, 6.45) is 7.38. The van der Waals surface area contributed by atoms with Gasteiger partial charge in [0, 0.05) is 17.0 Å². The SMILES string of the molecule is C1=CSc2ccccc2C=C1.O=C(O)/C=C\C(=O)O. The van der Waals surface area contributed by atoms with Gasteiger partial charge in [0.2, 0.25) is 0 Å². The largest absolute Gasteiger partial charge is 0.478 e. The molecule has 0 amide bonds. The molecule has 0 saturated heterocycles. The topological polar surface area (TPSA) is 74.6 Å². The van der Waals surface area contributed by atoms with Crippen LogP contribution >= 0.6 is 11.8 Å². The van der Waals surface area contributed by atoms with Crippen LogP contribution in [0.3, 0.4) is 0 Å². The fraction of sp³-hybridized carbons (Fsp3) is 0. The molecule has 1 aromatic rings. The van der Waals surface area contributed by atoms with Crippen LogP contribution in [0.25, 0.3) is 6.08 Å². The van der Waals surface area contributed by atoms with Crippen molar-refractivity contribution in [1.29, 1.82) is 0 Å². The summed E-state index contributed by atoms with van der Waals surface area (Å²) >= 11 is 1.77. The third-order valence-corrected chi connectivity index (χ3v) is 2.87. The number of benzene rings is 1. The molecule has 5 heteroatoms. The minimum Gasteiger partial charge on any atom is -0.478 e. The molecular weight excluding hydrogens is 264 g/mol. The molecular formula is C14H12O4S. The highest BCUT2D eigenvalue weighted by atomic mass is 32.2. The zero-order valence-electron chi connectivity index (χ0n) is 9.89. The van der Waals surface area contributed by atoms with Crippen molar-refractivity contribution >= 4 is 29.8 Å². The van der Waals surface area contributed by atoms with Crippen molar-refractivity contribution in [2.75, 3.05) is 0 Å². The number of fused-ring (bicyclic) bond motifs is 1. The van der Waals surface area contributed by atoms with Crippen LogP contribution in [-0.2, 0) is 9.59 Å². The van der Waals surface area contributed by atoms with E-state index in [9.17, 15) is 9.59 Å². The smallest absolute Gasteiger partial charge is 0.328 e. The van der Waals surface area contributed by atoms with Crippen LogP contribution in [0.5, 0.6) is 0 Å². The Hall–Kier alpha value is -2.27. The van der Waals surface area contributed by atoms with E-state index in [1.165, 1.54) is 10.5 Å². The van der Waals surface area contributed by atoms with Gasteiger partial charge in [-0.2, -0.15) is 0 Å². The summed E-state index contributed by atoms with van der Waals surface area (Å²) in [5.74, 6) is -2.51. The van der Waals surface area contributed by atoms with Crippen LogP contribution in [-0.4, -0.2) is 22.2 Å². The fourth-order valence-electron chi connectivity index (χ4n) is 1.19. The van der Waals surface area contributed by atoms with Gasteiger partial charge in [0.1, 0.15) is 0 Å². The van der Waals surface area contributed by atoms with Crippen molar-refractivity contribution in [3.8, 4) is 0 Å². The van der Waals surface area contributed by atoms with E-state index in [-0.39, 0.29) is 0 Å². The van der Waals surface area contributed by atoms with E-state index in [0.717, 1.165) is 0 Å². The zero-order chi connectivity index (χ0) is 14.1. The molecule has 0 atom stereocenters. The van der Waals surface area contributed by atoms with E-state index in [0.29, 0.717) is 12.2 Å². The number of thioether (sulfide) groups is 1. The summed E-state index contributed by atoms with van der Waals surface area (Å²) in [4.78, 5) is 20.4. The molecule has 98 valence electrons. The zero-order valence-corrected chi connectivity index (χ0v) is 10.7. The molecule has 19 heavy (non-hydrogen) atoms. The van der Waals surface area contributed by atoms with E-state index in [1.54, 1.807) is 11.8 Å². The Morgan fingerprint density at radius 1 is 1.00 bits per heavy atom. The molecule has 0 saturated carbocycles. The maximum absolute atomic E-state index is 9.55. The summed E-state index contributed by atoms with van der Waals surface area (Å²) < 4.78 is 0. The molecule has 0 unspecified atom stereocenters. The quantitative estimate of drug-likeness (QED) is 0.812. The molecule has 4 nitrogen and oxygen atoms in total. The van der Waals surface area contributed by atoms with Gasteiger partial charge in [-0.3, -0.25) is 0 Å². The first kappa shape index (κ1) is 14.8. The van der Waals surface area contributed by atoms with Crippen LogP contribution in [0.2, 0.25) is 0 Å². The summed E-state index contributed by atoms with van der Waals surface area (Å²) in [7, 11) is 0. The van der Waals surface area contributed by atoms with Gasteiger partial charge in [-0.1, -0.05) is 48.2 Å². The highest BCUT2D eigenvalue weighted by Gasteiger charge is 1.97. The van der Waals surface area contributed by atoms with Crippen LogP contribution in [0.15, 0.2) is 58.9 Å². The van der Waals surface area contributed by atoms with Gasteiger partial charge >= 0.3 is 11.9 Å². The average molecular weight is 276 g/mol. The third-order valence-electron chi connectivity index (χ3n) is 1.95. The lowest BCUT2D eigenvalue weighted by Crippen LogP contribution is -1.91. The Balaban J connectivity index is 0.000000203. The molecule has 0 aliphatic carbocycles. The molecule has 0 aromatic heterocycles. The maximum Gasteiger partial charge on any atom is 0.328 e. The van der Waals surface area contributed by atoms with Crippen molar-refractivity contribution in [2.24, 2.45) is 0 Å². The van der Waals surface area contributed by atoms with E-state index < -0.39 is 11.9 Å². The molecule has 0 radical (unpaired) electrons. The number of allylic oxidation sites excluding steroid dienone is 2. The molecule has 0 fully saturated rings. The Morgan fingerprint density at radius 3 is 2.26 bits per heavy atom. The minimum atomic E-state index is -1.26. The number of hydrogen-bond donors (Lipinski definition) is 2. The highest BCUT2D eigenvalue weighted by molar-refractivity contribution is 8.02. The van der Waals surface area contributed by atoms with E-state index in [2.05, 4.69) is 47.9 Å². The first-order valence-corrected chi connectivity index (χ1v) is 6.20. The molecule has 1 aliphatic rings. The molecule has 1 aliphatic heterocycles. The third kappa shape index (κ3) is 6.28. The lowest BCUT2D eigenvalue weighted by molar-refractivity contribution is -0.134. The van der Waals surface area contributed by atoms with Crippen molar-refractivity contribution in [1.82, 2.24) is 0 Å². The van der Waals surface area contributed by atoms with Crippen molar-refractivity contribution in [2.45, 2.75) is 4.90 Å². The lowest BCUT2D eigenvalue weighted by Gasteiger charge is -1.98. The van der Waals surface area contributed by atoms with Crippen LogP contribution < -0.4 is 0 Å². The second-order valence-electron chi connectivity index (χ2n) is 3.35. The first-order valence-electron chi connectivity index (χ1n) is 5.32. The maximum atomic E-state index is 9.55. The van der Waals surface area contributed by atoms with Gasteiger partial charge in [0.25, 0.3) is 0 Å². The molecule has 2 N–H and O–H groups in total. The van der Waals surface area contributed by atoms with Crippen molar-refractivity contribution < 1.29 is 19.8 Å². The first-order chi connectivity index (χ1) is 9.09. The van der Waals surface area contributed by atoms with Crippen molar-refractivity contribution in [3.63, 3.8) is 0 Å². The van der Waals surface area contributed by atoms with E-state index in [1.807, 2.05) is 0 Å².